The van der Waals surface area contributed by atoms with Crippen molar-refractivity contribution in [2.45, 2.75) is 31.1 Å². The number of hydrogen-bond donors (Lipinski definition) is 0. The molecule has 0 amide bonds. The topological polar surface area (TPSA) is 56.5 Å². The fourth-order valence-corrected chi connectivity index (χ4v) is 3.10. The summed E-state index contributed by atoms with van der Waals surface area (Å²) in [7, 11) is 1.41. The second-order valence-electron chi connectivity index (χ2n) is 6.68. The van der Waals surface area contributed by atoms with E-state index in [0.717, 1.165) is 6.07 Å². The highest BCUT2D eigenvalue weighted by Gasteiger charge is 2.58. The van der Waals surface area contributed by atoms with Crippen LogP contribution in [0.3, 0.4) is 0 Å². The molecule has 1 aliphatic carbocycles. The van der Waals surface area contributed by atoms with Gasteiger partial charge in [-0.05, 0) is 23.8 Å². The normalized spacial score (nSPS) is 17.9. The molecule has 9 heteroatoms. The number of ketones is 1. The van der Waals surface area contributed by atoms with Crippen LogP contribution in [0.4, 0.5) is 17.6 Å². The SMILES string of the molecule is COc1cc(CC(=O)c2cccc(C(F)F)n2)cn2cc(C3CC3(F)F)nc12. The number of aromatic nitrogens is 3. The number of halogens is 4. The number of methoxy groups -OCH3 is 1. The van der Waals surface area contributed by atoms with Gasteiger partial charge in [0.2, 0.25) is 0 Å². The van der Waals surface area contributed by atoms with Crippen molar-refractivity contribution < 1.29 is 27.1 Å². The summed E-state index contributed by atoms with van der Waals surface area (Å²) in [6.07, 6.45) is -0.0406. The molecule has 0 radical (unpaired) electrons. The van der Waals surface area contributed by atoms with Gasteiger partial charge in [0.25, 0.3) is 12.3 Å². The Balaban J connectivity index is 1.63. The van der Waals surface area contributed by atoms with E-state index in [2.05, 4.69) is 9.97 Å². The summed E-state index contributed by atoms with van der Waals surface area (Å²) in [6, 6.07) is 5.45. The molecule has 0 N–H and O–H groups in total. The van der Waals surface area contributed by atoms with Gasteiger partial charge in [0.05, 0.1) is 18.7 Å². The maximum absolute atomic E-state index is 13.3. The lowest BCUT2D eigenvalue weighted by molar-refractivity contribution is 0.0985. The number of Topliss-reactive ketones (excluding diaryl/α,β-unsaturated/α-hetero) is 1. The van der Waals surface area contributed by atoms with Crippen molar-refractivity contribution >= 4 is 11.4 Å². The number of pyridine rings is 2. The van der Waals surface area contributed by atoms with Crippen LogP contribution >= 0.6 is 0 Å². The van der Waals surface area contributed by atoms with E-state index in [1.807, 2.05) is 0 Å². The molecule has 3 heterocycles. The van der Waals surface area contributed by atoms with Crippen LogP contribution in [0.2, 0.25) is 0 Å². The van der Waals surface area contributed by atoms with Crippen LogP contribution in [0.1, 0.15) is 46.2 Å². The standard InChI is InChI=1S/C19H15F4N3O2/c1-28-16-6-10(5-15(27)12-3-2-4-13(24-12)17(20)21)8-26-9-14(25-18(16)26)11-7-19(11,22)23/h2-4,6,8-9,11,17H,5,7H2,1H3. The Labute approximate surface area is 157 Å². The van der Waals surface area contributed by atoms with E-state index in [4.69, 9.17) is 4.74 Å². The Bertz CT molecular complexity index is 1060. The monoisotopic (exact) mass is 393 g/mol. The quantitative estimate of drug-likeness (QED) is 0.465. The zero-order chi connectivity index (χ0) is 20.1. The number of nitrogens with zero attached hydrogens (tertiary/aromatic N) is 3. The Hall–Kier alpha value is -2.97. The summed E-state index contributed by atoms with van der Waals surface area (Å²) in [4.78, 5) is 20.4. The maximum Gasteiger partial charge on any atom is 0.280 e. The van der Waals surface area contributed by atoms with Gasteiger partial charge in [-0.25, -0.2) is 27.5 Å². The number of hydrogen-bond acceptors (Lipinski definition) is 4. The molecule has 1 unspecified atom stereocenters. The first-order valence-electron chi connectivity index (χ1n) is 8.50. The van der Waals surface area contributed by atoms with Gasteiger partial charge in [-0.2, -0.15) is 0 Å². The molecule has 5 nitrogen and oxygen atoms in total. The van der Waals surface area contributed by atoms with Gasteiger partial charge in [-0.3, -0.25) is 4.79 Å². The van der Waals surface area contributed by atoms with Crippen molar-refractivity contribution in [2.75, 3.05) is 7.11 Å². The Morgan fingerprint density at radius 2 is 2.07 bits per heavy atom. The zero-order valence-corrected chi connectivity index (χ0v) is 14.7. The second kappa shape index (κ2) is 6.57. The van der Waals surface area contributed by atoms with E-state index in [-0.39, 0.29) is 24.2 Å². The van der Waals surface area contributed by atoms with Crippen LogP contribution in [-0.2, 0) is 6.42 Å². The highest BCUT2D eigenvalue weighted by atomic mass is 19.3. The third-order valence-electron chi connectivity index (χ3n) is 4.64. The number of alkyl halides is 4. The minimum Gasteiger partial charge on any atom is -0.493 e. The third-order valence-corrected chi connectivity index (χ3v) is 4.64. The molecule has 1 fully saturated rings. The van der Waals surface area contributed by atoms with Crippen LogP contribution in [0.5, 0.6) is 5.75 Å². The highest BCUT2D eigenvalue weighted by Crippen LogP contribution is 2.55. The van der Waals surface area contributed by atoms with Crippen molar-refractivity contribution in [3.05, 3.63) is 59.3 Å². The molecule has 0 saturated heterocycles. The summed E-state index contributed by atoms with van der Waals surface area (Å²) in [6.45, 7) is 0. The van der Waals surface area contributed by atoms with E-state index >= 15 is 0 Å². The average Bonchev–Trinajstić information content (AvgIpc) is 3.10. The van der Waals surface area contributed by atoms with Crippen molar-refractivity contribution in [1.29, 1.82) is 0 Å². The van der Waals surface area contributed by atoms with E-state index in [9.17, 15) is 22.4 Å². The Morgan fingerprint density at radius 1 is 1.32 bits per heavy atom. The molecule has 0 aromatic carbocycles. The molecule has 0 spiro atoms. The second-order valence-corrected chi connectivity index (χ2v) is 6.68. The largest absolute Gasteiger partial charge is 0.493 e. The summed E-state index contributed by atoms with van der Waals surface area (Å²) < 4.78 is 59.0. The highest BCUT2D eigenvalue weighted by molar-refractivity contribution is 5.95. The van der Waals surface area contributed by atoms with Crippen molar-refractivity contribution in [3.63, 3.8) is 0 Å². The average molecular weight is 393 g/mol. The fourth-order valence-electron chi connectivity index (χ4n) is 3.10. The van der Waals surface area contributed by atoms with E-state index < -0.39 is 29.7 Å². The van der Waals surface area contributed by atoms with Crippen LogP contribution in [-0.4, -0.2) is 33.2 Å². The van der Waals surface area contributed by atoms with Gasteiger partial charge in [0.1, 0.15) is 11.4 Å². The molecule has 1 atom stereocenters. The minimum absolute atomic E-state index is 0.0687. The lowest BCUT2D eigenvalue weighted by Gasteiger charge is -2.07. The molecular weight excluding hydrogens is 378 g/mol. The molecule has 4 rings (SSSR count). The molecule has 1 aliphatic rings. The molecule has 0 bridgehead atoms. The van der Waals surface area contributed by atoms with E-state index in [0.29, 0.717) is 17.0 Å². The Morgan fingerprint density at radius 3 is 2.71 bits per heavy atom. The maximum atomic E-state index is 13.3. The first-order valence-corrected chi connectivity index (χ1v) is 8.50. The van der Waals surface area contributed by atoms with Gasteiger partial charge in [-0.1, -0.05) is 6.07 Å². The predicted molar refractivity (Wildman–Crippen MR) is 91.3 cm³/mol. The third kappa shape index (κ3) is 3.32. The number of ether oxygens (including phenoxy) is 1. The summed E-state index contributed by atoms with van der Waals surface area (Å²) in [5, 5.41) is 0. The van der Waals surface area contributed by atoms with E-state index in [1.54, 1.807) is 12.3 Å². The molecule has 3 aromatic heterocycles. The van der Waals surface area contributed by atoms with Crippen LogP contribution in [0.25, 0.3) is 5.65 Å². The molecule has 28 heavy (non-hydrogen) atoms. The molecule has 3 aromatic rings. The van der Waals surface area contributed by atoms with E-state index in [1.165, 1.54) is 29.8 Å². The van der Waals surface area contributed by atoms with Crippen LogP contribution in [0, 0.1) is 0 Å². The van der Waals surface area contributed by atoms with Crippen molar-refractivity contribution in [1.82, 2.24) is 14.4 Å². The number of rotatable bonds is 6. The number of fused-ring (bicyclic) bond motifs is 1. The van der Waals surface area contributed by atoms with Gasteiger partial charge in [-0.15, -0.1) is 0 Å². The first-order chi connectivity index (χ1) is 13.3. The van der Waals surface area contributed by atoms with Gasteiger partial charge < -0.3 is 9.14 Å². The fraction of sp³-hybridized carbons (Fsp3) is 0.316. The lowest BCUT2D eigenvalue weighted by Crippen LogP contribution is -2.08. The zero-order valence-electron chi connectivity index (χ0n) is 14.7. The van der Waals surface area contributed by atoms with Gasteiger partial charge in [0.15, 0.2) is 17.2 Å². The van der Waals surface area contributed by atoms with Crippen molar-refractivity contribution in [3.8, 4) is 5.75 Å². The van der Waals surface area contributed by atoms with Crippen molar-refractivity contribution in [2.24, 2.45) is 0 Å². The molecular formula is C19H15F4N3O2. The minimum atomic E-state index is -2.77. The Kier molecular flexibility index (Phi) is 4.32. The first kappa shape index (κ1) is 18.4. The lowest BCUT2D eigenvalue weighted by atomic mass is 10.1. The summed E-state index contributed by atoms with van der Waals surface area (Å²) >= 11 is 0. The summed E-state index contributed by atoms with van der Waals surface area (Å²) in [5.74, 6) is -3.78. The number of carbonyl (C=O) groups is 1. The van der Waals surface area contributed by atoms with Crippen LogP contribution < -0.4 is 4.74 Å². The van der Waals surface area contributed by atoms with Gasteiger partial charge >= 0.3 is 0 Å². The predicted octanol–water partition coefficient (Wildman–Crippen LogP) is 4.22. The molecule has 0 aliphatic heterocycles. The summed E-state index contributed by atoms with van der Waals surface area (Å²) in [5.41, 5.74) is 0.613. The molecule has 1 saturated carbocycles. The smallest absolute Gasteiger partial charge is 0.280 e. The number of imidazole rings is 1. The van der Waals surface area contributed by atoms with Crippen LogP contribution in [0.15, 0.2) is 36.7 Å². The van der Waals surface area contributed by atoms with Gasteiger partial charge in [0, 0.05) is 25.2 Å². The number of carbonyl (C=O) groups excluding carboxylic acids is 1. The molecule has 146 valence electrons.